The molecule has 2 aromatic heterocycles. The minimum Gasteiger partial charge on any atom is -0.453 e. The van der Waals surface area contributed by atoms with Gasteiger partial charge in [-0.2, -0.15) is 0 Å². The highest BCUT2D eigenvalue weighted by molar-refractivity contribution is 6.07. The van der Waals surface area contributed by atoms with Gasteiger partial charge in [-0.3, -0.25) is 14.4 Å². The number of nitrogens with one attached hydrogen (secondary N) is 4. The molecule has 11 rings (SSSR count). The summed E-state index contributed by atoms with van der Waals surface area (Å²) in [6.07, 6.45) is 3.57. The number of likely N-dealkylation sites (tertiary alicyclic amines) is 2. The van der Waals surface area contributed by atoms with Gasteiger partial charge in [0.15, 0.2) is 0 Å². The number of rotatable bonds is 12. The summed E-state index contributed by atoms with van der Waals surface area (Å²) in [7, 11) is 2.99. The molecule has 4 aliphatic rings. The first-order chi connectivity index (χ1) is 32.1. The molecule has 2 saturated carbocycles. The van der Waals surface area contributed by atoms with Crippen LogP contribution in [0.1, 0.15) is 81.3 Å². The van der Waals surface area contributed by atoms with Gasteiger partial charge in [0.2, 0.25) is 17.7 Å². The molecule has 7 aromatic rings. The SMILES string of the molecule is COC[C@H]1C[C@@H](c2nc3c(ccc4cc(-c5ccc6c(ccc7[nH]c([C@@H]8CC9C[C@H]9N8C(=O)[C@@H](NC(=O)OC)C(C)C)nc76)c5)ccc43)[nH]2)N(C(=O)[C@H](NC(=O)C2CC2)c2ccccc2)C1. The Morgan fingerprint density at radius 1 is 0.742 bits per heavy atom. The maximum atomic E-state index is 14.6. The van der Waals surface area contributed by atoms with E-state index in [9.17, 15) is 19.2 Å². The molecule has 4 heterocycles. The molecule has 1 unspecified atom stereocenters. The van der Waals surface area contributed by atoms with Crippen molar-refractivity contribution in [1.29, 1.82) is 0 Å². The van der Waals surface area contributed by atoms with Crippen molar-refractivity contribution in [3.05, 3.63) is 108 Å². The Labute approximate surface area is 381 Å². The van der Waals surface area contributed by atoms with Crippen LogP contribution in [0.2, 0.25) is 0 Å². The Morgan fingerprint density at radius 3 is 1.97 bits per heavy atom. The summed E-state index contributed by atoms with van der Waals surface area (Å²) < 4.78 is 10.4. The van der Waals surface area contributed by atoms with Gasteiger partial charge < -0.3 is 39.9 Å². The number of nitrogens with zero attached hydrogens (tertiary/aromatic N) is 4. The molecule has 0 bridgehead atoms. The van der Waals surface area contributed by atoms with E-state index < -0.39 is 18.2 Å². The van der Waals surface area contributed by atoms with E-state index in [4.69, 9.17) is 19.4 Å². The summed E-state index contributed by atoms with van der Waals surface area (Å²) in [5, 5.41) is 9.98. The van der Waals surface area contributed by atoms with Crippen molar-refractivity contribution in [3.63, 3.8) is 0 Å². The molecule has 4 amide bonds. The van der Waals surface area contributed by atoms with Crippen LogP contribution in [-0.2, 0) is 23.9 Å². The number of imidazole rings is 2. The third-order valence-electron chi connectivity index (χ3n) is 14.4. The lowest BCUT2D eigenvalue weighted by atomic mass is 9.98. The topological polar surface area (TPSA) is 175 Å². The van der Waals surface area contributed by atoms with E-state index in [1.165, 1.54) is 7.11 Å². The maximum Gasteiger partial charge on any atom is 0.407 e. The molecule has 4 N–H and O–H groups in total. The molecule has 0 radical (unpaired) electrons. The highest BCUT2D eigenvalue weighted by atomic mass is 16.5. The summed E-state index contributed by atoms with van der Waals surface area (Å²) in [5.41, 5.74) is 6.40. The standard InChI is InChI=1S/C52H54N8O6/c1-27(2)43(58-52(64)66-4)51(63)60-40-23-35(40)24-42(60)48-54-39-19-15-34-22-32(13-17-37(34)46(39)56-48)31-12-16-36-33(21-31)14-18-38-45(36)55-47(53-38)41-20-28(26-65-3)25-59(41)50(62)44(29-8-6-5-7-9-29)57-49(61)30-10-11-30/h5-9,12-19,21-22,27-28,30,35,40-44H,10-11,20,23-26H2,1-4H3,(H,53,55)(H,54,56)(H,57,61)(H,58,64)/t28-,35?,40+,41-,42-,43-,44+/m0/s1. The average molecular weight is 887 g/mol. The molecule has 14 heteroatoms. The normalized spacial score (nSPS) is 22.3. The fourth-order valence-electron chi connectivity index (χ4n) is 10.7. The van der Waals surface area contributed by atoms with E-state index in [0.29, 0.717) is 25.5 Å². The molecular weight excluding hydrogens is 833 g/mol. The van der Waals surface area contributed by atoms with Crippen molar-refractivity contribution >= 4 is 67.4 Å². The summed E-state index contributed by atoms with van der Waals surface area (Å²) in [4.78, 5) is 75.2. The Balaban J connectivity index is 0.867. The van der Waals surface area contributed by atoms with Crippen molar-refractivity contribution in [1.82, 2.24) is 40.4 Å². The van der Waals surface area contributed by atoms with E-state index >= 15 is 0 Å². The van der Waals surface area contributed by atoms with Crippen LogP contribution in [0.4, 0.5) is 4.79 Å². The Hall–Kier alpha value is -6.80. The second-order valence-electron chi connectivity index (χ2n) is 19.1. The zero-order valence-electron chi connectivity index (χ0n) is 37.5. The molecule has 4 fully saturated rings. The lowest BCUT2D eigenvalue weighted by Crippen LogP contribution is -2.52. The van der Waals surface area contributed by atoms with Crippen LogP contribution < -0.4 is 10.6 Å². The van der Waals surface area contributed by atoms with Crippen LogP contribution >= 0.6 is 0 Å². The maximum absolute atomic E-state index is 14.6. The van der Waals surface area contributed by atoms with Gasteiger partial charge in [-0.05, 0) is 95.7 Å². The molecule has 0 spiro atoms. The molecular formula is C52H54N8O6. The van der Waals surface area contributed by atoms with Gasteiger partial charge in [-0.25, -0.2) is 14.8 Å². The number of carbonyl (C=O) groups is 4. The van der Waals surface area contributed by atoms with E-state index in [1.807, 2.05) is 54.0 Å². The summed E-state index contributed by atoms with van der Waals surface area (Å²) in [5.74, 6) is 1.56. The summed E-state index contributed by atoms with van der Waals surface area (Å²) in [6.45, 7) is 4.87. The van der Waals surface area contributed by atoms with E-state index in [-0.39, 0.29) is 53.6 Å². The number of H-pyrrole nitrogens is 2. The van der Waals surface area contributed by atoms with Gasteiger partial charge in [-0.15, -0.1) is 0 Å². The van der Waals surface area contributed by atoms with Gasteiger partial charge in [0.25, 0.3) is 0 Å². The predicted molar refractivity (Wildman–Crippen MR) is 251 cm³/mol. The zero-order chi connectivity index (χ0) is 45.4. The molecule has 7 atom stereocenters. The Kier molecular flexibility index (Phi) is 10.5. The highest BCUT2D eigenvalue weighted by Gasteiger charge is 2.56. The number of methoxy groups -OCH3 is 2. The Bertz CT molecular complexity index is 3050. The number of piperidine rings is 1. The monoisotopic (exact) mass is 886 g/mol. The number of alkyl carbamates (subject to hydrolysis) is 1. The second kappa shape index (κ2) is 16.6. The number of carbonyl (C=O) groups excluding carboxylic acids is 4. The summed E-state index contributed by atoms with van der Waals surface area (Å²) >= 11 is 0. The molecule has 338 valence electrons. The van der Waals surface area contributed by atoms with Crippen LogP contribution in [-0.4, -0.2) is 93.0 Å². The third kappa shape index (κ3) is 7.50. The van der Waals surface area contributed by atoms with Crippen molar-refractivity contribution < 1.29 is 28.7 Å². The third-order valence-corrected chi connectivity index (χ3v) is 14.4. The lowest BCUT2D eigenvalue weighted by Gasteiger charge is -2.31. The van der Waals surface area contributed by atoms with Gasteiger partial charge >= 0.3 is 6.09 Å². The van der Waals surface area contributed by atoms with Crippen LogP contribution in [0, 0.1) is 23.7 Å². The average Bonchev–Trinajstić information content (AvgIpc) is 4.10. The highest BCUT2D eigenvalue weighted by Crippen LogP contribution is 2.53. The van der Waals surface area contributed by atoms with Gasteiger partial charge in [0, 0.05) is 42.3 Å². The first kappa shape index (κ1) is 41.9. The van der Waals surface area contributed by atoms with Crippen molar-refractivity contribution in [2.75, 3.05) is 27.4 Å². The fraction of sp³-hybridized carbons (Fsp3) is 0.385. The fourth-order valence-corrected chi connectivity index (χ4v) is 10.7. The van der Waals surface area contributed by atoms with E-state index in [2.05, 4.69) is 81.3 Å². The molecule has 2 aliphatic carbocycles. The molecule has 2 saturated heterocycles. The minimum atomic E-state index is -0.794. The molecule has 5 aromatic carbocycles. The number of amides is 4. The second-order valence-corrected chi connectivity index (χ2v) is 19.1. The Morgan fingerprint density at radius 2 is 1.38 bits per heavy atom. The molecule has 66 heavy (non-hydrogen) atoms. The van der Waals surface area contributed by atoms with Gasteiger partial charge in [-0.1, -0.05) is 80.6 Å². The minimum absolute atomic E-state index is 0.0321. The number of aromatic amines is 2. The number of aromatic nitrogens is 4. The first-order valence-corrected chi connectivity index (χ1v) is 23.2. The zero-order valence-corrected chi connectivity index (χ0v) is 37.5. The first-order valence-electron chi connectivity index (χ1n) is 23.2. The largest absolute Gasteiger partial charge is 0.453 e. The van der Waals surface area contributed by atoms with Crippen molar-refractivity contribution in [2.45, 2.75) is 76.2 Å². The van der Waals surface area contributed by atoms with E-state index in [0.717, 1.165) is 97.6 Å². The van der Waals surface area contributed by atoms with E-state index in [1.54, 1.807) is 7.11 Å². The van der Waals surface area contributed by atoms with Crippen molar-refractivity contribution in [2.24, 2.45) is 23.7 Å². The summed E-state index contributed by atoms with van der Waals surface area (Å²) in [6, 6.07) is 28.9. The molecule has 2 aliphatic heterocycles. The number of hydrogen-bond acceptors (Lipinski definition) is 8. The number of fused-ring (bicyclic) bond motifs is 7. The van der Waals surface area contributed by atoms with Crippen LogP contribution in [0.15, 0.2) is 91.0 Å². The number of hydrogen-bond donors (Lipinski definition) is 4. The predicted octanol–water partition coefficient (Wildman–Crippen LogP) is 8.26. The van der Waals surface area contributed by atoms with Crippen LogP contribution in [0.3, 0.4) is 0 Å². The smallest absolute Gasteiger partial charge is 0.407 e. The van der Waals surface area contributed by atoms with Gasteiger partial charge in [0.05, 0.1) is 47.9 Å². The lowest BCUT2D eigenvalue weighted by molar-refractivity contribution is -0.138. The van der Waals surface area contributed by atoms with Crippen LogP contribution in [0.25, 0.3) is 54.7 Å². The van der Waals surface area contributed by atoms with Crippen LogP contribution in [0.5, 0.6) is 0 Å². The van der Waals surface area contributed by atoms with Gasteiger partial charge in [0.1, 0.15) is 23.7 Å². The molecule has 14 nitrogen and oxygen atoms in total. The number of ether oxygens (including phenoxy) is 2. The quantitative estimate of drug-likeness (QED) is 0.0949. The van der Waals surface area contributed by atoms with Crippen molar-refractivity contribution in [3.8, 4) is 11.1 Å². The number of benzene rings is 5.